The van der Waals surface area contributed by atoms with Crippen molar-refractivity contribution in [2.45, 2.75) is 19.4 Å². The highest BCUT2D eigenvalue weighted by Crippen LogP contribution is 2.26. The van der Waals surface area contributed by atoms with Gasteiger partial charge in [-0.2, -0.15) is 0 Å². The van der Waals surface area contributed by atoms with E-state index in [-0.39, 0.29) is 24.8 Å². The van der Waals surface area contributed by atoms with E-state index in [0.717, 1.165) is 11.0 Å². The van der Waals surface area contributed by atoms with Crippen LogP contribution in [-0.4, -0.2) is 23.6 Å². The fourth-order valence-corrected chi connectivity index (χ4v) is 3.13. The predicted molar refractivity (Wildman–Crippen MR) is 105 cm³/mol. The maximum atomic E-state index is 12.1. The van der Waals surface area contributed by atoms with Gasteiger partial charge in [0.25, 0.3) is 5.91 Å². The van der Waals surface area contributed by atoms with Crippen molar-refractivity contribution < 1.29 is 28.3 Å². The van der Waals surface area contributed by atoms with Crippen LogP contribution in [0.1, 0.15) is 24.3 Å². The van der Waals surface area contributed by atoms with Gasteiger partial charge in [0.2, 0.25) is 0 Å². The minimum Gasteiger partial charge on any atom is -0.508 e. The first-order chi connectivity index (χ1) is 14.0. The van der Waals surface area contributed by atoms with E-state index in [0.29, 0.717) is 22.3 Å². The third-order valence-electron chi connectivity index (χ3n) is 4.59. The summed E-state index contributed by atoms with van der Waals surface area (Å²) in [5.41, 5.74) is 1.85. The molecule has 0 fully saturated rings. The molecule has 0 radical (unpaired) electrons. The molecule has 4 aromatic rings. The summed E-state index contributed by atoms with van der Waals surface area (Å²) in [6.07, 6.45) is 1.40. The number of amides is 1. The number of hydrogen-bond acceptors (Lipinski definition) is 6. The van der Waals surface area contributed by atoms with Crippen LogP contribution < -0.4 is 5.32 Å². The lowest BCUT2D eigenvalue weighted by Crippen LogP contribution is -2.31. The maximum Gasteiger partial charge on any atom is 0.310 e. The number of rotatable bonds is 6. The van der Waals surface area contributed by atoms with Crippen molar-refractivity contribution in [1.82, 2.24) is 5.32 Å². The molecule has 2 aromatic carbocycles. The van der Waals surface area contributed by atoms with Gasteiger partial charge in [0, 0.05) is 22.4 Å². The minimum absolute atomic E-state index is 0.0375. The van der Waals surface area contributed by atoms with Gasteiger partial charge in [0.1, 0.15) is 22.7 Å². The zero-order valence-electron chi connectivity index (χ0n) is 15.7. The largest absolute Gasteiger partial charge is 0.508 e. The Morgan fingerprint density at radius 2 is 1.97 bits per heavy atom. The number of benzene rings is 2. The van der Waals surface area contributed by atoms with Crippen molar-refractivity contribution in [3.05, 3.63) is 66.1 Å². The molecule has 7 nitrogen and oxygen atoms in total. The number of nitrogens with one attached hydrogen (secondary N) is 1. The zero-order chi connectivity index (χ0) is 20.4. The van der Waals surface area contributed by atoms with Gasteiger partial charge in [-0.25, -0.2) is 0 Å². The van der Waals surface area contributed by atoms with Crippen LogP contribution >= 0.6 is 0 Å². The number of aromatic hydroxyl groups is 1. The molecule has 29 heavy (non-hydrogen) atoms. The Labute approximate surface area is 165 Å². The topological polar surface area (TPSA) is 102 Å². The van der Waals surface area contributed by atoms with Crippen LogP contribution in [-0.2, 0) is 20.7 Å². The second-order valence-electron chi connectivity index (χ2n) is 6.75. The highest BCUT2D eigenvalue weighted by Gasteiger charge is 2.17. The lowest BCUT2D eigenvalue weighted by molar-refractivity contribution is -0.148. The van der Waals surface area contributed by atoms with Gasteiger partial charge in [-0.3, -0.25) is 9.59 Å². The van der Waals surface area contributed by atoms with E-state index in [4.69, 9.17) is 13.6 Å². The molecule has 0 saturated heterocycles. The van der Waals surface area contributed by atoms with Gasteiger partial charge >= 0.3 is 5.97 Å². The quantitative estimate of drug-likeness (QED) is 0.483. The third kappa shape index (κ3) is 4.08. The molecule has 0 aliphatic heterocycles. The van der Waals surface area contributed by atoms with Crippen molar-refractivity contribution in [3.63, 3.8) is 0 Å². The summed E-state index contributed by atoms with van der Waals surface area (Å²) >= 11 is 0. The van der Waals surface area contributed by atoms with Crippen molar-refractivity contribution in [3.8, 4) is 5.75 Å². The Balaban J connectivity index is 1.31. The first-order valence-corrected chi connectivity index (χ1v) is 9.12. The van der Waals surface area contributed by atoms with E-state index >= 15 is 0 Å². The Morgan fingerprint density at radius 3 is 2.79 bits per heavy atom. The average Bonchev–Trinajstić information content (AvgIpc) is 3.30. The lowest BCUT2D eigenvalue weighted by atomic mass is 10.1. The molecule has 148 valence electrons. The number of phenolic OH excluding ortho intramolecular Hbond substituents is 1. The fourth-order valence-electron chi connectivity index (χ4n) is 3.13. The summed E-state index contributed by atoms with van der Waals surface area (Å²) in [6.45, 7) is 1.41. The molecular weight excluding hydrogens is 374 g/mol. The summed E-state index contributed by atoms with van der Waals surface area (Å²) in [5, 5.41) is 13.9. The van der Waals surface area contributed by atoms with Gasteiger partial charge in [-0.15, -0.1) is 0 Å². The normalized spacial score (nSPS) is 12.2. The summed E-state index contributed by atoms with van der Waals surface area (Å²) in [6, 6.07) is 13.7. The average molecular weight is 393 g/mol. The number of para-hydroxylation sites is 1. The zero-order valence-corrected chi connectivity index (χ0v) is 15.7. The molecule has 2 heterocycles. The number of ether oxygens (including phenoxy) is 1. The maximum absolute atomic E-state index is 12.1. The molecule has 1 amide bonds. The van der Waals surface area contributed by atoms with Crippen molar-refractivity contribution in [2.75, 3.05) is 6.61 Å². The monoisotopic (exact) mass is 393 g/mol. The molecular formula is C22H19NO6. The van der Waals surface area contributed by atoms with Gasteiger partial charge in [-0.1, -0.05) is 18.2 Å². The van der Waals surface area contributed by atoms with Gasteiger partial charge in [0.05, 0.1) is 18.7 Å². The van der Waals surface area contributed by atoms with E-state index in [1.807, 2.05) is 30.3 Å². The van der Waals surface area contributed by atoms with Crippen molar-refractivity contribution in [1.29, 1.82) is 0 Å². The van der Waals surface area contributed by atoms with E-state index in [1.54, 1.807) is 13.0 Å². The van der Waals surface area contributed by atoms with Gasteiger partial charge < -0.3 is 24.0 Å². The Morgan fingerprint density at radius 1 is 1.14 bits per heavy atom. The van der Waals surface area contributed by atoms with E-state index in [1.165, 1.54) is 18.4 Å². The number of esters is 1. The number of carbonyl (C=O) groups is 2. The molecule has 0 aliphatic rings. The van der Waals surface area contributed by atoms with E-state index in [9.17, 15) is 14.7 Å². The molecule has 0 spiro atoms. The molecule has 1 atom stereocenters. The third-order valence-corrected chi connectivity index (χ3v) is 4.59. The smallest absolute Gasteiger partial charge is 0.310 e. The summed E-state index contributed by atoms with van der Waals surface area (Å²) < 4.78 is 16.1. The Bertz CT molecular complexity index is 1160. The number of phenols is 1. The van der Waals surface area contributed by atoms with Crippen LogP contribution in [0.2, 0.25) is 0 Å². The molecule has 4 rings (SSSR count). The Hall–Kier alpha value is -3.74. The minimum atomic E-state index is -0.549. The summed E-state index contributed by atoms with van der Waals surface area (Å²) in [4.78, 5) is 24.2. The first-order valence-electron chi connectivity index (χ1n) is 9.12. The SMILES string of the molecule is C[C@@H](NC(=O)COC(=O)Cc1coc2cc(O)ccc12)c1cc2ccccc2o1. The van der Waals surface area contributed by atoms with E-state index in [2.05, 4.69) is 5.32 Å². The fraction of sp³-hybridized carbons (Fsp3) is 0.182. The van der Waals surface area contributed by atoms with Crippen LogP contribution in [0.25, 0.3) is 21.9 Å². The van der Waals surface area contributed by atoms with Crippen LogP contribution in [0.4, 0.5) is 0 Å². The predicted octanol–water partition coefficient (Wildman–Crippen LogP) is 3.85. The molecule has 0 bridgehead atoms. The standard InChI is InChI=1S/C22H19NO6/c1-13(19-8-14-4-2-3-5-18(14)29-19)23-21(25)12-28-22(26)9-15-11-27-20-10-16(24)6-7-17(15)20/h2-8,10-11,13,24H,9,12H2,1H3,(H,23,25)/t13-/m1/s1. The molecule has 2 aromatic heterocycles. The second kappa shape index (κ2) is 7.71. The molecule has 7 heteroatoms. The highest BCUT2D eigenvalue weighted by atomic mass is 16.5. The number of hydrogen-bond donors (Lipinski definition) is 2. The molecule has 2 N–H and O–H groups in total. The van der Waals surface area contributed by atoms with Gasteiger partial charge in [0.15, 0.2) is 6.61 Å². The van der Waals surface area contributed by atoms with Crippen molar-refractivity contribution in [2.24, 2.45) is 0 Å². The van der Waals surface area contributed by atoms with Crippen LogP contribution in [0, 0.1) is 0 Å². The molecule has 0 saturated carbocycles. The number of fused-ring (bicyclic) bond motifs is 2. The van der Waals surface area contributed by atoms with Crippen LogP contribution in [0.5, 0.6) is 5.75 Å². The molecule has 0 unspecified atom stereocenters. The summed E-state index contributed by atoms with van der Waals surface area (Å²) in [7, 11) is 0. The summed E-state index contributed by atoms with van der Waals surface area (Å²) in [5.74, 6) is -0.268. The van der Waals surface area contributed by atoms with Crippen LogP contribution in [0.15, 0.2) is 63.6 Å². The first kappa shape index (κ1) is 18.6. The Kier molecular flexibility index (Phi) is 4.95. The second-order valence-corrected chi connectivity index (χ2v) is 6.75. The van der Waals surface area contributed by atoms with Gasteiger partial charge in [-0.05, 0) is 31.2 Å². The molecule has 0 aliphatic carbocycles. The number of carbonyl (C=O) groups excluding carboxylic acids is 2. The van der Waals surface area contributed by atoms with Crippen molar-refractivity contribution >= 4 is 33.8 Å². The van der Waals surface area contributed by atoms with E-state index < -0.39 is 11.9 Å². The number of furan rings is 2. The lowest BCUT2D eigenvalue weighted by Gasteiger charge is -2.11. The van der Waals surface area contributed by atoms with Crippen LogP contribution in [0.3, 0.4) is 0 Å². The highest BCUT2D eigenvalue weighted by molar-refractivity contribution is 5.87.